The van der Waals surface area contributed by atoms with Gasteiger partial charge in [0.25, 0.3) is 0 Å². The number of ether oxygens (including phenoxy) is 2. The molecular formula is C15H25N3O3. The van der Waals surface area contributed by atoms with E-state index in [9.17, 15) is 4.79 Å². The maximum atomic E-state index is 12.5. The third kappa shape index (κ3) is 4.28. The van der Waals surface area contributed by atoms with Crippen LogP contribution in [0.1, 0.15) is 31.4 Å². The van der Waals surface area contributed by atoms with Gasteiger partial charge < -0.3 is 14.4 Å². The van der Waals surface area contributed by atoms with E-state index < -0.39 is 0 Å². The molecule has 0 radical (unpaired) electrons. The van der Waals surface area contributed by atoms with Gasteiger partial charge >= 0.3 is 0 Å². The maximum Gasteiger partial charge on any atom is 0.247 e. The number of aryl methyl sites for hydroxylation is 1. The highest BCUT2D eigenvalue weighted by Crippen LogP contribution is 2.18. The molecule has 118 valence electrons. The largest absolute Gasteiger partial charge is 0.382 e. The van der Waals surface area contributed by atoms with Crippen LogP contribution in [0.4, 0.5) is 0 Å². The van der Waals surface area contributed by atoms with Crippen molar-refractivity contribution in [3.8, 4) is 0 Å². The van der Waals surface area contributed by atoms with Gasteiger partial charge in [0.05, 0.1) is 25.5 Å². The molecule has 1 aliphatic rings. The number of rotatable bonds is 6. The molecule has 0 bridgehead atoms. The molecule has 1 aromatic rings. The highest BCUT2D eigenvalue weighted by atomic mass is 16.5. The summed E-state index contributed by atoms with van der Waals surface area (Å²) in [6, 6.07) is -0.246. The average molecular weight is 295 g/mol. The van der Waals surface area contributed by atoms with E-state index in [4.69, 9.17) is 9.47 Å². The van der Waals surface area contributed by atoms with E-state index in [1.807, 2.05) is 24.9 Å². The summed E-state index contributed by atoms with van der Waals surface area (Å²) in [7, 11) is 1.67. The van der Waals surface area contributed by atoms with E-state index in [-0.39, 0.29) is 18.1 Å². The zero-order valence-electron chi connectivity index (χ0n) is 13.1. The minimum Gasteiger partial charge on any atom is -0.382 e. The lowest BCUT2D eigenvalue weighted by atomic mass is 10.1. The Balaban J connectivity index is 1.80. The third-order valence-corrected chi connectivity index (χ3v) is 3.88. The molecule has 1 aliphatic heterocycles. The number of piperidine rings is 1. The van der Waals surface area contributed by atoms with Crippen LogP contribution in [0.3, 0.4) is 0 Å². The number of likely N-dealkylation sites (tertiary alicyclic amines) is 1. The molecule has 1 unspecified atom stereocenters. The van der Waals surface area contributed by atoms with E-state index >= 15 is 0 Å². The summed E-state index contributed by atoms with van der Waals surface area (Å²) >= 11 is 0. The normalized spacial score (nSPS) is 18.0. The molecule has 1 saturated heterocycles. The maximum absolute atomic E-state index is 12.5. The van der Waals surface area contributed by atoms with Gasteiger partial charge in [-0.2, -0.15) is 5.10 Å². The van der Waals surface area contributed by atoms with Crippen molar-refractivity contribution in [1.29, 1.82) is 0 Å². The molecule has 0 spiro atoms. The number of methoxy groups -OCH3 is 1. The van der Waals surface area contributed by atoms with E-state index in [1.54, 1.807) is 18.0 Å². The topological polar surface area (TPSA) is 56.6 Å². The molecule has 0 aliphatic carbocycles. The Labute approximate surface area is 126 Å². The van der Waals surface area contributed by atoms with Crippen LogP contribution in [0.25, 0.3) is 0 Å². The predicted octanol–water partition coefficient (Wildman–Crippen LogP) is 1.41. The summed E-state index contributed by atoms with van der Waals surface area (Å²) in [5.74, 6) is 0.133. The SMILES string of the molecule is COCCOC1CCN(C(=O)C(C)n2cc(C)cn2)CC1. The van der Waals surface area contributed by atoms with Gasteiger partial charge in [0.2, 0.25) is 5.91 Å². The number of hydrogen-bond acceptors (Lipinski definition) is 4. The number of carbonyl (C=O) groups excluding carboxylic acids is 1. The van der Waals surface area contributed by atoms with Crippen LogP contribution in [-0.2, 0) is 14.3 Å². The molecule has 0 aromatic carbocycles. The lowest BCUT2D eigenvalue weighted by molar-refractivity contribution is -0.137. The Hall–Kier alpha value is -1.40. The second-order valence-electron chi connectivity index (χ2n) is 5.56. The fourth-order valence-electron chi connectivity index (χ4n) is 2.56. The van der Waals surface area contributed by atoms with Crippen molar-refractivity contribution in [2.45, 2.75) is 38.8 Å². The number of carbonyl (C=O) groups is 1. The summed E-state index contributed by atoms with van der Waals surface area (Å²) in [6.45, 7) is 6.62. The summed E-state index contributed by atoms with van der Waals surface area (Å²) in [6.07, 6.45) is 5.70. The highest BCUT2D eigenvalue weighted by molar-refractivity contribution is 5.80. The quantitative estimate of drug-likeness (QED) is 0.745. The van der Waals surface area contributed by atoms with Crippen LogP contribution in [-0.4, -0.2) is 60.1 Å². The Morgan fingerprint density at radius 2 is 2.14 bits per heavy atom. The smallest absolute Gasteiger partial charge is 0.247 e. The van der Waals surface area contributed by atoms with Crippen molar-refractivity contribution in [2.75, 3.05) is 33.4 Å². The van der Waals surface area contributed by atoms with Crippen molar-refractivity contribution in [1.82, 2.24) is 14.7 Å². The van der Waals surface area contributed by atoms with E-state index in [1.165, 1.54) is 0 Å². The number of aromatic nitrogens is 2. The standard InChI is InChI=1S/C15H25N3O3/c1-12-10-16-18(11-12)13(2)15(19)17-6-4-14(5-7-17)21-9-8-20-3/h10-11,13-14H,4-9H2,1-3H3. The molecule has 1 fully saturated rings. The third-order valence-electron chi connectivity index (χ3n) is 3.88. The van der Waals surface area contributed by atoms with Crippen LogP contribution in [0, 0.1) is 6.92 Å². The number of hydrogen-bond donors (Lipinski definition) is 0. The van der Waals surface area contributed by atoms with Gasteiger partial charge in [-0.3, -0.25) is 9.48 Å². The van der Waals surface area contributed by atoms with Crippen molar-refractivity contribution in [2.24, 2.45) is 0 Å². The van der Waals surface area contributed by atoms with Gasteiger partial charge in [0, 0.05) is 26.4 Å². The van der Waals surface area contributed by atoms with E-state index in [2.05, 4.69) is 5.10 Å². The first-order valence-electron chi connectivity index (χ1n) is 7.52. The molecule has 0 saturated carbocycles. The summed E-state index contributed by atoms with van der Waals surface area (Å²) in [5, 5.41) is 4.23. The van der Waals surface area contributed by atoms with Gasteiger partial charge in [0.1, 0.15) is 6.04 Å². The van der Waals surface area contributed by atoms with Gasteiger partial charge in [-0.1, -0.05) is 0 Å². The van der Waals surface area contributed by atoms with Crippen LogP contribution in [0.15, 0.2) is 12.4 Å². The van der Waals surface area contributed by atoms with Crippen molar-refractivity contribution >= 4 is 5.91 Å². The lowest BCUT2D eigenvalue weighted by Crippen LogP contribution is -2.43. The van der Waals surface area contributed by atoms with Gasteiger partial charge in [-0.25, -0.2) is 0 Å². The van der Waals surface area contributed by atoms with Crippen molar-refractivity contribution in [3.63, 3.8) is 0 Å². The highest BCUT2D eigenvalue weighted by Gasteiger charge is 2.27. The van der Waals surface area contributed by atoms with E-state index in [0.29, 0.717) is 13.2 Å². The summed E-state index contributed by atoms with van der Waals surface area (Å²) in [5.41, 5.74) is 1.07. The number of nitrogens with zero attached hydrogens (tertiary/aromatic N) is 3. The second kappa shape index (κ2) is 7.56. The Kier molecular flexibility index (Phi) is 5.76. The molecule has 6 nitrogen and oxygen atoms in total. The van der Waals surface area contributed by atoms with Gasteiger partial charge in [-0.05, 0) is 32.3 Å². The van der Waals surface area contributed by atoms with Crippen LogP contribution < -0.4 is 0 Å². The minimum absolute atomic E-state index is 0.133. The van der Waals surface area contributed by atoms with Crippen LogP contribution in [0.5, 0.6) is 0 Å². The molecular weight excluding hydrogens is 270 g/mol. The molecule has 0 N–H and O–H groups in total. The van der Waals surface area contributed by atoms with Crippen LogP contribution >= 0.6 is 0 Å². The molecule has 1 atom stereocenters. The first-order valence-corrected chi connectivity index (χ1v) is 7.52. The van der Waals surface area contributed by atoms with Crippen LogP contribution in [0.2, 0.25) is 0 Å². The molecule has 1 amide bonds. The monoisotopic (exact) mass is 295 g/mol. The van der Waals surface area contributed by atoms with Gasteiger partial charge in [0.15, 0.2) is 0 Å². The summed E-state index contributed by atoms with van der Waals surface area (Å²) < 4.78 is 12.4. The predicted molar refractivity (Wildman–Crippen MR) is 79.1 cm³/mol. The average Bonchev–Trinajstić information content (AvgIpc) is 2.93. The Morgan fingerprint density at radius 3 is 2.71 bits per heavy atom. The molecule has 2 heterocycles. The number of amides is 1. The summed E-state index contributed by atoms with van der Waals surface area (Å²) in [4.78, 5) is 14.4. The fourth-order valence-corrected chi connectivity index (χ4v) is 2.56. The van der Waals surface area contributed by atoms with E-state index in [0.717, 1.165) is 31.5 Å². The molecule has 6 heteroatoms. The molecule has 1 aromatic heterocycles. The molecule has 21 heavy (non-hydrogen) atoms. The first kappa shape index (κ1) is 16.0. The van der Waals surface area contributed by atoms with Crippen molar-refractivity contribution < 1.29 is 14.3 Å². The van der Waals surface area contributed by atoms with Gasteiger partial charge in [-0.15, -0.1) is 0 Å². The second-order valence-corrected chi connectivity index (χ2v) is 5.56. The minimum atomic E-state index is -0.246. The molecule has 2 rings (SSSR count). The first-order chi connectivity index (χ1) is 10.1. The fraction of sp³-hybridized carbons (Fsp3) is 0.733. The lowest BCUT2D eigenvalue weighted by Gasteiger charge is -2.33. The Morgan fingerprint density at radius 1 is 1.43 bits per heavy atom. The zero-order valence-corrected chi connectivity index (χ0v) is 13.1. The zero-order chi connectivity index (χ0) is 15.2. The Bertz CT molecular complexity index is 453. The van der Waals surface area contributed by atoms with Crippen molar-refractivity contribution in [3.05, 3.63) is 18.0 Å².